The van der Waals surface area contributed by atoms with E-state index < -0.39 is 0 Å². The van der Waals surface area contributed by atoms with Gasteiger partial charge in [-0.15, -0.1) is 0 Å². The Labute approximate surface area is 189 Å². The van der Waals surface area contributed by atoms with E-state index >= 15 is 0 Å². The summed E-state index contributed by atoms with van der Waals surface area (Å²) in [5, 5.41) is 10.7. The number of fused-ring (bicyclic) bond motifs is 1. The second kappa shape index (κ2) is 8.94. The van der Waals surface area contributed by atoms with Gasteiger partial charge in [0.05, 0.1) is 6.61 Å². The Bertz CT molecular complexity index is 1030. The minimum absolute atomic E-state index is 0.165. The number of nitrogens with zero attached hydrogens (tertiary/aromatic N) is 1. The van der Waals surface area contributed by atoms with Crippen LogP contribution in [0.2, 0.25) is 5.02 Å². The summed E-state index contributed by atoms with van der Waals surface area (Å²) in [6, 6.07) is 22.7. The van der Waals surface area contributed by atoms with Crippen LogP contribution < -0.4 is 4.74 Å². The molecule has 1 N–H and O–H groups in total. The van der Waals surface area contributed by atoms with E-state index in [-0.39, 0.29) is 17.6 Å². The molecule has 1 saturated heterocycles. The molecule has 0 amide bonds. The number of phenols is 1. The van der Waals surface area contributed by atoms with Crippen molar-refractivity contribution in [3.05, 3.63) is 94.0 Å². The molecule has 2 atom stereocenters. The van der Waals surface area contributed by atoms with Crippen molar-refractivity contribution < 1.29 is 9.84 Å². The lowest BCUT2D eigenvalue weighted by molar-refractivity contribution is 0.248. The number of hydrogen-bond acceptors (Lipinski definition) is 3. The molecule has 1 fully saturated rings. The van der Waals surface area contributed by atoms with Crippen molar-refractivity contribution in [3.63, 3.8) is 0 Å². The summed E-state index contributed by atoms with van der Waals surface area (Å²) >= 11 is 6.13. The van der Waals surface area contributed by atoms with E-state index in [9.17, 15) is 5.11 Å². The Morgan fingerprint density at radius 2 is 1.61 bits per heavy atom. The zero-order valence-corrected chi connectivity index (χ0v) is 18.4. The summed E-state index contributed by atoms with van der Waals surface area (Å²) in [4.78, 5) is 2.56. The van der Waals surface area contributed by atoms with Crippen LogP contribution in [-0.4, -0.2) is 36.2 Å². The van der Waals surface area contributed by atoms with Crippen molar-refractivity contribution in [1.82, 2.24) is 4.90 Å². The smallest absolute Gasteiger partial charge is 0.126 e. The highest BCUT2D eigenvalue weighted by atomic mass is 35.5. The minimum atomic E-state index is 0.165. The molecule has 0 bridgehead atoms. The van der Waals surface area contributed by atoms with Gasteiger partial charge in [0, 0.05) is 35.0 Å². The standard InChI is InChI=1S/C27H28ClNO2/c28-22-9-7-20(8-10-22)25-18-31-26-17-23(30)11-12-24(26)27(25)21-5-3-19(4-6-21)13-16-29-14-1-2-15-29/h3-12,17,25,27,30H,1-2,13-16,18H2/t25-,27-/m0/s1. The van der Waals surface area contributed by atoms with Crippen LogP contribution in [0, 0.1) is 0 Å². The Balaban J connectivity index is 1.44. The van der Waals surface area contributed by atoms with Gasteiger partial charge < -0.3 is 14.7 Å². The SMILES string of the molecule is Oc1ccc2c(c1)OC[C@@H](c1ccc(Cl)cc1)[C@H]2c1ccc(CCN2CCCC2)cc1. The molecule has 31 heavy (non-hydrogen) atoms. The monoisotopic (exact) mass is 433 g/mol. The minimum Gasteiger partial charge on any atom is -0.508 e. The number of rotatable bonds is 5. The lowest BCUT2D eigenvalue weighted by Crippen LogP contribution is -2.25. The largest absolute Gasteiger partial charge is 0.508 e. The van der Waals surface area contributed by atoms with E-state index in [1.54, 1.807) is 12.1 Å². The second-order valence-electron chi connectivity index (χ2n) is 8.71. The molecule has 2 aliphatic rings. The summed E-state index contributed by atoms with van der Waals surface area (Å²) in [5.74, 6) is 1.36. The number of likely N-dealkylation sites (tertiary alicyclic amines) is 1. The molecule has 3 aromatic rings. The van der Waals surface area contributed by atoms with Gasteiger partial charge in [-0.1, -0.05) is 54.1 Å². The van der Waals surface area contributed by atoms with E-state index in [1.807, 2.05) is 18.2 Å². The summed E-state index contributed by atoms with van der Waals surface area (Å²) in [7, 11) is 0. The first-order valence-electron chi connectivity index (χ1n) is 11.2. The van der Waals surface area contributed by atoms with Crippen molar-refractivity contribution in [3.8, 4) is 11.5 Å². The zero-order valence-electron chi connectivity index (χ0n) is 17.6. The fourth-order valence-corrected chi connectivity index (χ4v) is 5.12. The first-order valence-corrected chi connectivity index (χ1v) is 11.6. The maximum absolute atomic E-state index is 9.95. The maximum Gasteiger partial charge on any atom is 0.126 e. The summed E-state index contributed by atoms with van der Waals surface area (Å²) < 4.78 is 6.07. The van der Waals surface area contributed by atoms with Gasteiger partial charge >= 0.3 is 0 Å². The first-order chi connectivity index (χ1) is 15.2. The molecule has 160 valence electrons. The summed E-state index contributed by atoms with van der Waals surface area (Å²) in [6.45, 7) is 4.20. The molecule has 0 radical (unpaired) electrons. The Kier molecular flexibility index (Phi) is 5.89. The number of halogens is 1. The van der Waals surface area contributed by atoms with Crippen molar-refractivity contribution >= 4 is 11.6 Å². The zero-order chi connectivity index (χ0) is 21.2. The average molecular weight is 434 g/mol. The number of benzene rings is 3. The molecule has 2 heterocycles. The molecule has 0 spiro atoms. The van der Waals surface area contributed by atoms with Crippen LogP contribution >= 0.6 is 11.6 Å². The van der Waals surface area contributed by atoms with Gasteiger partial charge in [0.15, 0.2) is 0 Å². The molecular formula is C27H28ClNO2. The Morgan fingerprint density at radius 3 is 2.35 bits per heavy atom. The molecule has 5 rings (SSSR count). The van der Waals surface area contributed by atoms with Crippen molar-refractivity contribution in [1.29, 1.82) is 0 Å². The highest BCUT2D eigenvalue weighted by molar-refractivity contribution is 6.30. The van der Waals surface area contributed by atoms with Crippen LogP contribution in [0.15, 0.2) is 66.7 Å². The Hall–Kier alpha value is -2.49. The second-order valence-corrected chi connectivity index (χ2v) is 9.15. The lowest BCUT2D eigenvalue weighted by Gasteiger charge is -2.34. The summed E-state index contributed by atoms with van der Waals surface area (Å²) in [6.07, 6.45) is 3.77. The molecule has 0 saturated carbocycles. The molecule has 0 aromatic heterocycles. The van der Waals surface area contributed by atoms with Gasteiger partial charge in [0.2, 0.25) is 0 Å². The van der Waals surface area contributed by atoms with Crippen molar-refractivity contribution in [2.45, 2.75) is 31.1 Å². The van der Waals surface area contributed by atoms with Gasteiger partial charge in [-0.05, 0) is 67.2 Å². The molecule has 0 aliphatic carbocycles. The van der Waals surface area contributed by atoms with Gasteiger partial charge in [0.1, 0.15) is 11.5 Å². The van der Waals surface area contributed by atoms with E-state index in [2.05, 4.69) is 41.3 Å². The number of ether oxygens (including phenoxy) is 1. The Morgan fingerprint density at radius 1 is 0.903 bits per heavy atom. The third-order valence-electron chi connectivity index (χ3n) is 6.71. The third-order valence-corrected chi connectivity index (χ3v) is 6.96. The normalized spacial score (nSPS) is 20.9. The van der Waals surface area contributed by atoms with E-state index in [0.29, 0.717) is 6.61 Å². The van der Waals surface area contributed by atoms with Crippen molar-refractivity contribution in [2.75, 3.05) is 26.2 Å². The predicted molar refractivity (Wildman–Crippen MR) is 125 cm³/mol. The highest BCUT2D eigenvalue weighted by Crippen LogP contribution is 2.47. The highest BCUT2D eigenvalue weighted by Gasteiger charge is 2.33. The number of aromatic hydroxyl groups is 1. The van der Waals surface area contributed by atoms with Crippen LogP contribution in [0.25, 0.3) is 0 Å². The molecule has 0 unspecified atom stereocenters. The number of hydrogen-bond donors (Lipinski definition) is 1. The topological polar surface area (TPSA) is 32.7 Å². The van der Waals surface area contributed by atoms with Crippen molar-refractivity contribution in [2.24, 2.45) is 0 Å². The first kappa shape index (κ1) is 20.4. The lowest BCUT2D eigenvalue weighted by atomic mass is 9.75. The van der Waals surface area contributed by atoms with Crippen LogP contribution in [-0.2, 0) is 6.42 Å². The fourth-order valence-electron chi connectivity index (χ4n) is 4.99. The van der Waals surface area contributed by atoms with E-state index in [0.717, 1.165) is 29.3 Å². The molecule has 3 aromatic carbocycles. The van der Waals surface area contributed by atoms with E-state index in [1.165, 1.54) is 42.6 Å². The van der Waals surface area contributed by atoms with Crippen LogP contribution in [0.1, 0.15) is 46.9 Å². The molecular weight excluding hydrogens is 406 g/mol. The molecule has 2 aliphatic heterocycles. The predicted octanol–water partition coefficient (Wildman–Crippen LogP) is 5.99. The van der Waals surface area contributed by atoms with Gasteiger partial charge in [-0.3, -0.25) is 0 Å². The van der Waals surface area contributed by atoms with E-state index in [4.69, 9.17) is 16.3 Å². The maximum atomic E-state index is 9.95. The van der Waals surface area contributed by atoms with Crippen LogP contribution in [0.4, 0.5) is 0 Å². The van der Waals surface area contributed by atoms with Gasteiger partial charge in [0.25, 0.3) is 0 Å². The molecule has 4 heteroatoms. The summed E-state index contributed by atoms with van der Waals surface area (Å²) in [5.41, 5.74) is 5.00. The fraction of sp³-hybridized carbons (Fsp3) is 0.333. The van der Waals surface area contributed by atoms with Crippen LogP contribution in [0.3, 0.4) is 0 Å². The van der Waals surface area contributed by atoms with Gasteiger partial charge in [-0.2, -0.15) is 0 Å². The number of phenolic OH excluding ortho intramolecular Hbond substituents is 1. The quantitative estimate of drug-likeness (QED) is 0.536. The van der Waals surface area contributed by atoms with Gasteiger partial charge in [-0.25, -0.2) is 0 Å². The van der Waals surface area contributed by atoms with Crippen LogP contribution in [0.5, 0.6) is 11.5 Å². The third kappa shape index (κ3) is 4.44. The average Bonchev–Trinajstić information content (AvgIpc) is 3.32. The molecule has 3 nitrogen and oxygen atoms in total.